The summed E-state index contributed by atoms with van der Waals surface area (Å²) in [5.74, 6) is 1.71. The van der Waals surface area contributed by atoms with Crippen LogP contribution in [0, 0.1) is 12.8 Å². The summed E-state index contributed by atoms with van der Waals surface area (Å²) in [6.45, 7) is 5.19. The third-order valence-electron chi connectivity index (χ3n) is 4.19. The van der Waals surface area contributed by atoms with Crippen molar-refractivity contribution in [3.63, 3.8) is 0 Å². The maximum Gasteiger partial charge on any atom is 0.216 e. The SMILES string of the molecule is COc1c(CN[C@H](C)C2CCCC2)c(C)nn1C. The molecule has 1 aliphatic carbocycles. The van der Waals surface area contributed by atoms with Gasteiger partial charge in [-0.05, 0) is 32.6 Å². The molecule has 1 atom stereocenters. The van der Waals surface area contributed by atoms with Gasteiger partial charge in [0.25, 0.3) is 0 Å². The van der Waals surface area contributed by atoms with E-state index in [1.165, 1.54) is 31.2 Å². The average Bonchev–Trinajstić information content (AvgIpc) is 2.94. The predicted molar refractivity (Wildman–Crippen MR) is 72.8 cm³/mol. The van der Waals surface area contributed by atoms with E-state index in [2.05, 4.69) is 17.3 Å². The molecule has 0 saturated heterocycles. The van der Waals surface area contributed by atoms with Crippen LogP contribution in [-0.4, -0.2) is 22.9 Å². The Morgan fingerprint density at radius 2 is 2.11 bits per heavy atom. The molecule has 102 valence electrons. The smallest absolute Gasteiger partial charge is 0.216 e. The van der Waals surface area contributed by atoms with Crippen molar-refractivity contribution in [3.8, 4) is 5.88 Å². The zero-order chi connectivity index (χ0) is 13.1. The molecule has 0 aromatic carbocycles. The van der Waals surface area contributed by atoms with Gasteiger partial charge in [-0.1, -0.05) is 12.8 Å². The molecule has 4 nitrogen and oxygen atoms in total. The molecule has 4 heteroatoms. The largest absolute Gasteiger partial charge is 0.481 e. The van der Waals surface area contributed by atoms with E-state index in [1.807, 2.05) is 18.7 Å². The van der Waals surface area contributed by atoms with Crippen molar-refractivity contribution in [2.24, 2.45) is 13.0 Å². The highest BCUT2D eigenvalue weighted by atomic mass is 16.5. The number of hydrogen-bond acceptors (Lipinski definition) is 3. The molecular formula is C14H25N3O. The Hall–Kier alpha value is -1.03. The van der Waals surface area contributed by atoms with Crippen molar-refractivity contribution >= 4 is 0 Å². The third-order valence-corrected chi connectivity index (χ3v) is 4.19. The summed E-state index contributed by atoms with van der Waals surface area (Å²) in [6, 6.07) is 0.580. The minimum Gasteiger partial charge on any atom is -0.481 e. The van der Waals surface area contributed by atoms with Gasteiger partial charge < -0.3 is 10.1 Å². The number of nitrogens with zero attached hydrogens (tertiary/aromatic N) is 2. The summed E-state index contributed by atoms with van der Waals surface area (Å²) in [5.41, 5.74) is 2.24. The Balaban J connectivity index is 1.97. The molecule has 1 fully saturated rings. The van der Waals surface area contributed by atoms with Gasteiger partial charge in [0, 0.05) is 19.6 Å². The van der Waals surface area contributed by atoms with Gasteiger partial charge in [-0.2, -0.15) is 5.10 Å². The van der Waals surface area contributed by atoms with E-state index in [0.29, 0.717) is 6.04 Å². The van der Waals surface area contributed by atoms with Crippen LogP contribution in [0.25, 0.3) is 0 Å². The van der Waals surface area contributed by atoms with Gasteiger partial charge in [0.05, 0.1) is 18.4 Å². The van der Waals surface area contributed by atoms with Gasteiger partial charge >= 0.3 is 0 Å². The standard InChI is InChI=1S/C14H25N3O/c1-10(12-7-5-6-8-12)15-9-13-11(2)16-17(3)14(13)18-4/h10,12,15H,5-9H2,1-4H3/t10-/m1/s1. The first-order valence-electron chi connectivity index (χ1n) is 6.93. The summed E-state index contributed by atoms with van der Waals surface area (Å²) in [5, 5.41) is 8.05. The first-order valence-corrected chi connectivity index (χ1v) is 6.93. The first-order chi connectivity index (χ1) is 8.63. The lowest BCUT2D eigenvalue weighted by atomic mass is 9.99. The second kappa shape index (κ2) is 5.74. The van der Waals surface area contributed by atoms with Gasteiger partial charge in [0.15, 0.2) is 0 Å². The molecule has 1 aliphatic rings. The van der Waals surface area contributed by atoms with Crippen LogP contribution in [0.2, 0.25) is 0 Å². The monoisotopic (exact) mass is 251 g/mol. The van der Waals surface area contributed by atoms with E-state index in [-0.39, 0.29) is 0 Å². The fourth-order valence-corrected chi connectivity index (χ4v) is 3.03. The second-order valence-corrected chi connectivity index (χ2v) is 5.41. The molecular weight excluding hydrogens is 226 g/mol. The van der Waals surface area contributed by atoms with Crippen molar-refractivity contribution in [1.82, 2.24) is 15.1 Å². The lowest BCUT2D eigenvalue weighted by Crippen LogP contribution is -2.31. The fraction of sp³-hybridized carbons (Fsp3) is 0.786. The number of ether oxygens (including phenoxy) is 1. The summed E-state index contributed by atoms with van der Waals surface area (Å²) in [7, 11) is 3.64. The molecule has 0 aliphatic heterocycles. The van der Waals surface area contributed by atoms with Crippen LogP contribution in [0.1, 0.15) is 43.9 Å². The quantitative estimate of drug-likeness (QED) is 0.873. The number of hydrogen-bond donors (Lipinski definition) is 1. The summed E-state index contributed by atoms with van der Waals surface area (Å²) in [4.78, 5) is 0. The van der Waals surface area contributed by atoms with E-state index in [0.717, 1.165) is 24.0 Å². The van der Waals surface area contributed by atoms with E-state index in [9.17, 15) is 0 Å². The molecule has 1 aromatic rings. The van der Waals surface area contributed by atoms with Crippen LogP contribution >= 0.6 is 0 Å². The Bertz CT molecular complexity index is 394. The van der Waals surface area contributed by atoms with Crippen molar-refractivity contribution < 1.29 is 4.74 Å². The van der Waals surface area contributed by atoms with Gasteiger partial charge in [0.2, 0.25) is 5.88 Å². The second-order valence-electron chi connectivity index (χ2n) is 5.41. The van der Waals surface area contributed by atoms with Crippen LogP contribution < -0.4 is 10.1 Å². The summed E-state index contributed by atoms with van der Waals surface area (Å²) < 4.78 is 7.23. The Labute approximate surface area is 110 Å². The highest BCUT2D eigenvalue weighted by Gasteiger charge is 2.22. The molecule has 2 rings (SSSR count). The molecule has 18 heavy (non-hydrogen) atoms. The zero-order valence-electron chi connectivity index (χ0n) is 12.0. The van der Waals surface area contributed by atoms with Gasteiger partial charge in [0.1, 0.15) is 0 Å². The number of aromatic nitrogens is 2. The van der Waals surface area contributed by atoms with Crippen LogP contribution in [0.5, 0.6) is 5.88 Å². The fourth-order valence-electron chi connectivity index (χ4n) is 3.03. The maximum atomic E-state index is 5.42. The van der Waals surface area contributed by atoms with Gasteiger partial charge in [-0.15, -0.1) is 0 Å². The molecule has 0 radical (unpaired) electrons. The predicted octanol–water partition coefficient (Wildman–Crippen LogP) is 2.41. The molecule has 1 saturated carbocycles. The lowest BCUT2D eigenvalue weighted by Gasteiger charge is -2.20. The number of aryl methyl sites for hydroxylation is 2. The maximum absolute atomic E-state index is 5.42. The van der Waals surface area contributed by atoms with Crippen molar-refractivity contribution in [2.75, 3.05) is 7.11 Å². The van der Waals surface area contributed by atoms with Crippen LogP contribution in [0.15, 0.2) is 0 Å². The Kier molecular flexibility index (Phi) is 4.27. The average molecular weight is 251 g/mol. The lowest BCUT2D eigenvalue weighted by molar-refractivity contribution is 0.356. The minimum atomic E-state index is 0.580. The van der Waals surface area contributed by atoms with Crippen LogP contribution in [0.3, 0.4) is 0 Å². The van der Waals surface area contributed by atoms with Crippen molar-refractivity contribution in [2.45, 2.75) is 52.1 Å². The van der Waals surface area contributed by atoms with E-state index in [1.54, 1.807) is 7.11 Å². The number of methoxy groups -OCH3 is 1. The normalized spacial score (nSPS) is 18.2. The van der Waals surface area contributed by atoms with Gasteiger partial charge in [-0.25, -0.2) is 4.68 Å². The highest BCUT2D eigenvalue weighted by Crippen LogP contribution is 2.28. The highest BCUT2D eigenvalue weighted by molar-refractivity contribution is 5.30. The minimum absolute atomic E-state index is 0.580. The summed E-state index contributed by atoms with van der Waals surface area (Å²) in [6.07, 6.45) is 5.53. The van der Waals surface area contributed by atoms with Crippen molar-refractivity contribution in [1.29, 1.82) is 0 Å². The molecule has 0 bridgehead atoms. The Morgan fingerprint density at radius 1 is 1.44 bits per heavy atom. The van der Waals surface area contributed by atoms with Crippen LogP contribution in [-0.2, 0) is 13.6 Å². The molecule has 0 spiro atoms. The van der Waals surface area contributed by atoms with Crippen LogP contribution in [0.4, 0.5) is 0 Å². The molecule has 0 unspecified atom stereocenters. The molecule has 1 N–H and O–H groups in total. The molecule has 1 aromatic heterocycles. The van der Waals surface area contributed by atoms with Gasteiger partial charge in [-0.3, -0.25) is 0 Å². The summed E-state index contributed by atoms with van der Waals surface area (Å²) >= 11 is 0. The zero-order valence-corrected chi connectivity index (χ0v) is 12.0. The first kappa shape index (κ1) is 13.4. The molecule has 0 amide bonds. The molecule has 1 heterocycles. The Morgan fingerprint density at radius 3 is 2.72 bits per heavy atom. The van der Waals surface area contributed by atoms with E-state index >= 15 is 0 Å². The van der Waals surface area contributed by atoms with Crippen molar-refractivity contribution in [3.05, 3.63) is 11.3 Å². The number of rotatable bonds is 5. The van der Waals surface area contributed by atoms with E-state index in [4.69, 9.17) is 4.74 Å². The topological polar surface area (TPSA) is 39.1 Å². The number of nitrogens with one attached hydrogen (secondary N) is 1. The van der Waals surface area contributed by atoms with E-state index < -0.39 is 0 Å². The third kappa shape index (κ3) is 2.69.